The molecule has 3 nitrogen and oxygen atoms in total. The van der Waals surface area contributed by atoms with Crippen molar-refractivity contribution < 1.29 is 9.18 Å². The van der Waals surface area contributed by atoms with Gasteiger partial charge in [-0.05, 0) is 44.4 Å². The van der Waals surface area contributed by atoms with Gasteiger partial charge in [0.05, 0.1) is 11.1 Å². The monoisotopic (exact) mass is 259 g/mol. The lowest BCUT2D eigenvalue weighted by atomic mass is 9.95. The molecule has 2 heterocycles. The van der Waals surface area contributed by atoms with Gasteiger partial charge in [-0.15, -0.1) is 0 Å². The van der Waals surface area contributed by atoms with Gasteiger partial charge in [-0.3, -0.25) is 9.59 Å². The van der Waals surface area contributed by atoms with Crippen LogP contribution in [0.5, 0.6) is 0 Å². The standard InChI is InChI=1S/C15H14FNO2/c1-8-3-4-10-5-11(16)6-12-14(10)17(8)7-13(9(2)18)15(12)19/h5-8H,3-4H2,1-2H3. The van der Waals surface area contributed by atoms with Crippen LogP contribution in [0.3, 0.4) is 0 Å². The summed E-state index contributed by atoms with van der Waals surface area (Å²) in [7, 11) is 0. The van der Waals surface area contributed by atoms with Crippen molar-refractivity contribution in [3.8, 4) is 0 Å². The number of hydrogen-bond donors (Lipinski definition) is 0. The van der Waals surface area contributed by atoms with Crippen LogP contribution < -0.4 is 5.43 Å². The number of hydrogen-bond acceptors (Lipinski definition) is 2. The molecule has 1 aliphatic heterocycles. The van der Waals surface area contributed by atoms with Gasteiger partial charge >= 0.3 is 0 Å². The molecule has 0 bridgehead atoms. The molecule has 0 saturated heterocycles. The van der Waals surface area contributed by atoms with E-state index in [0.29, 0.717) is 5.39 Å². The normalized spacial score (nSPS) is 17.7. The fourth-order valence-corrected chi connectivity index (χ4v) is 2.83. The van der Waals surface area contributed by atoms with Crippen LogP contribution in [0.15, 0.2) is 23.1 Å². The molecule has 3 rings (SSSR count). The molecule has 0 aliphatic carbocycles. The second-order valence-electron chi connectivity index (χ2n) is 5.18. The van der Waals surface area contributed by atoms with Crippen molar-refractivity contribution in [2.45, 2.75) is 32.7 Å². The van der Waals surface area contributed by atoms with Gasteiger partial charge in [0.1, 0.15) is 5.82 Å². The van der Waals surface area contributed by atoms with Crippen LogP contribution in [-0.2, 0) is 6.42 Å². The largest absolute Gasteiger partial charge is 0.343 e. The van der Waals surface area contributed by atoms with E-state index < -0.39 is 5.82 Å². The number of benzene rings is 1. The number of aromatic nitrogens is 1. The minimum absolute atomic E-state index is 0.137. The van der Waals surface area contributed by atoms with Crippen LogP contribution >= 0.6 is 0 Å². The lowest BCUT2D eigenvalue weighted by Crippen LogP contribution is -2.23. The Kier molecular flexibility index (Phi) is 2.55. The van der Waals surface area contributed by atoms with Crippen molar-refractivity contribution in [1.29, 1.82) is 0 Å². The summed E-state index contributed by atoms with van der Waals surface area (Å²) >= 11 is 0. The van der Waals surface area contributed by atoms with Gasteiger partial charge in [0.15, 0.2) is 11.2 Å². The summed E-state index contributed by atoms with van der Waals surface area (Å²) in [4.78, 5) is 23.8. The highest BCUT2D eigenvalue weighted by Gasteiger charge is 2.22. The van der Waals surface area contributed by atoms with E-state index in [4.69, 9.17) is 0 Å². The van der Waals surface area contributed by atoms with Gasteiger partial charge < -0.3 is 4.57 Å². The van der Waals surface area contributed by atoms with E-state index in [1.54, 1.807) is 6.20 Å². The van der Waals surface area contributed by atoms with Gasteiger partial charge in [0.2, 0.25) is 0 Å². The lowest BCUT2D eigenvalue weighted by molar-refractivity contribution is 0.101. The third-order valence-corrected chi connectivity index (χ3v) is 3.85. The maximum Gasteiger partial charge on any atom is 0.200 e. The van der Waals surface area contributed by atoms with Crippen LogP contribution in [0, 0.1) is 5.82 Å². The van der Waals surface area contributed by atoms with Crippen LogP contribution in [-0.4, -0.2) is 10.4 Å². The quantitative estimate of drug-likeness (QED) is 0.739. The Labute approximate surface area is 109 Å². The molecular formula is C15H14FNO2. The van der Waals surface area contributed by atoms with Crippen molar-refractivity contribution in [2.24, 2.45) is 0 Å². The second-order valence-corrected chi connectivity index (χ2v) is 5.18. The van der Waals surface area contributed by atoms with Gasteiger partial charge in [-0.2, -0.15) is 0 Å². The van der Waals surface area contributed by atoms with Gasteiger partial charge in [0, 0.05) is 17.6 Å². The first-order valence-corrected chi connectivity index (χ1v) is 6.37. The molecule has 0 N–H and O–H groups in total. The maximum atomic E-state index is 13.6. The third-order valence-electron chi connectivity index (χ3n) is 3.85. The molecule has 1 unspecified atom stereocenters. The molecule has 1 aromatic heterocycles. The van der Waals surface area contributed by atoms with E-state index in [1.807, 2.05) is 11.5 Å². The molecule has 0 amide bonds. The number of carbonyl (C=O) groups excluding carboxylic acids is 1. The first-order chi connectivity index (χ1) is 8.99. The summed E-state index contributed by atoms with van der Waals surface area (Å²) in [6, 6.07) is 2.93. The minimum atomic E-state index is -0.415. The van der Waals surface area contributed by atoms with E-state index in [-0.39, 0.29) is 22.8 Å². The Morgan fingerprint density at radius 1 is 1.42 bits per heavy atom. The van der Waals surface area contributed by atoms with Crippen molar-refractivity contribution in [3.05, 3.63) is 45.5 Å². The number of pyridine rings is 1. The first kappa shape index (κ1) is 12.1. The lowest BCUT2D eigenvalue weighted by Gasteiger charge is -2.26. The summed E-state index contributed by atoms with van der Waals surface area (Å²) in [6.45, 7) is 3.41. The first-order valence-electron chi connectivity index (χ1n) is 6.37. The molecule has 1 aliphatic rings. The maximum absolute atomic E-state index is 13.6. The van der Waals surface area contributed by atoms with Crippen molar-refractivity contribution in [3.63, 3.8) is 0 Å². The highest BCUT2D eigenvalue weighted by Crippen LogP contribution is 2.30. The molecule has 4 heteroatoms. The Hall–Kier alpha value is -1.97. The van der Waals surface area contributed by atoms with Gasteiger partial charge in [-0.25, -0.2) is 4.39 Å². The zero-order chi connectivity index (χ0) is 13.7. The van der Waals surface area contributed by atoms with E-state index in [0.717, 1.165) is 23.9 Å². The summed E-state index contributed by atoms with van der Waals surface area (Å²) in [5.74, 6) is -0.694. The molecular weight excluding hydrogens is 245 g/mol. The minimum Gasteiger partial charge on any atom is -0.343 e. The van der Waals surface area contributed by atoms with E-state index in [9.17, 15) is 14.0 Å². The zero-order valence-corrected chi connectivity index (χ0v) is 10.9. The summed E-state index contributed by atoms with van der Waals surface area (Å²) in [5.41, 5.74) is 1.39. The van der Waals surface area contributed by atoms with Crippen molar-refractivity contribution in [1.82, 2.24) is 4.57 Å². The van der Waals surface area contributed by atoms with Crippen LogP contribution in [0.2, 0.25) is 0 Å². The van der Waals surface area contributed by atoms with Gasteiger partial charge in [0.25, 0.3) is 0 Å². The van der Waals surface area contributed by atoms with Crippen molar-refractivity contribution in [2.75, 3.05) is 0 Å². The highest BCUT2D eigenvalue weighted by atomic mass is 19.1. The predicted molar refractivity (Wildman–Crippen MR) is 71.2 cm³/mol. The topological polar surface area (TPSA) is 39.1 Å². The summed E-state index contributed by atoms with van der Waals surface area (Å²) in [5, 5.41) is 0.314. The van der Waals surface area contributed by atoms with E-state index in [1.165, 1.54) is 19.1 Å². The summed E-state index contributed by atoms with van der Waals surface area (Å²) < 4.78 is 15.6. The Bertz CT molecular complexity index is 761. The average Bonchev–Trinajstić information content (AvgIpc) is 2.35. The molecule has 98 valence electrons. The van der Waals surface area contributed by atoms with Crippen LogP contribution in [0.4, 0.5) is 4.39 Å². The SMILES string of the molecule is CC(=O)c1cn2c3c(cc(F)cc3c1=O)CCC2C. The average molecular weight is 259 g/mol. The number of ketones is 1. The molecule has 0 radical (unpaired) electrons. The second kappa shape index (κ2) is 4.02. The molecule has 1 aromatic carbocycles. The number of nitrogens with zero attached hydrogens (tertiary/aromatic N) is 1. The Balaban J connectivity index is 2.53. The number of rotatable bonds is 1. The van der Waals surface area contributed by atoms with Gasteiger partial charge in [-0.1, -0.05) is 0 Å². The number of Topliss-reactive ketones (excluding diaryl/α,β-unsaturated/α-hetero) is 1. The Morgan fingerprint density at radius 3 is 2.84 bits per heavy atom. The molecule has 0 fully saturated rings. The predicted octanol–water partition coefficient (Wildman–Crippen LogP) is 2.85. The fourth-order valence-electron chi connectivity index (χ4n) is 2.83. The fraction of sp³-hybridized carbons (Fsp3) is 0.333. The van der Waals surface area contributed by atoms with E-state index >= 15 is 0 Å². The molecule has 0 saturated carbocycles. The molecule has 0 spiro atoms. The number of aryl methyl sites for hydroxylation is 1. The smallest absolute Gasteiger partial charge is 0.200 e. The van der Waals surface area contributed by atoms with Crippen molar-refractivity contribution >= 4 is 16.7 Å². The van der Waals surface area contributed by atoms with E-state index in [2.05, 4.69) is 0 Å². The molecule has 2 aromatic rings. The Morgan fingerprint density at radius 2 is 2.16 bits per heavy atom. The number of carbonyl (C=O) groups is 1. The molecule has 1 atom stereocenters. The molecule has 19 heavy (non-hydrogen) atoms. The van der Waals surface area contributed by atoms with Crippen LogP contribution in [0.25, 0.3) is 10.9 Å². The zero-order valence-electron chi connectivity index (χ0n) is 10.9. The number of halogens is 1. The van der Waals surface area contributed by atoms with Crippen LogP contribution in [0.1, 0.15) is 42.2 Å². The highest BCUT2D eigenvalue weighted by molar-refractivity contribution is 5.97. The summed E-state index contributed by atoms with van der Waals surface area (Å²) in [6.07, 6.45) is 3.26. The third kappa shape index (κ3) is 1.70.